The molecule has 1 amide bonds. The van der Waals surface area contributed by atoms with E-state index in [1.165, 1.54) is 18.2 Å². The number of hydrogen-bond acceptors (Lipinski definition) is 3. The molecule has 1 aliphatic heterocycles. The summed E-state index contributed by atoms with van der Waals surface area (Å²) in [4.78, 5) is 15.1. The highest BCUT2D eigenvalue weighted by Gasteiger charge is 2.55. The Hall–Kier alpha value is -2.52. The third kappa shape index (κ3) is 5.21. The molecule has 1 aliphatic carbocycles. The first-order valence-corrected chi connectivity index (χ1v) is 11.8. The maximum absolute atomic E-state index is 14.4. The van der Waals surface area contributed by atoms with Crippen LogP contribution in [-0.2, 0) is 16.6 Å². The minimum Gasteiger partial charge on any atom is -0.380 e. The van der Waals surface area contributed by atoms with Gasteiger partial charge in [0.15, 0.2) is 5.60 Å². The third-order valence-corrected chi connectivity index (χ3v) is 7.62. The van der Waals surface area contributed by atoms with Crippen LogP contribution in [0.2, 0.25) is 0 Å². The fraction of sp³-hybridized carbons (Fsp3) is 0.500. The van der Waals surface area contributed by atoms with Gasteiger partial charge in [-0.15, -0.1) is 0 Å². The van der Waals surface area contributed by atoms with Crippen LogP contribution < -0.4 is 5.32 Å². The Morgan fingerprint density at radius 3 is 2.17 bits per heavy atom. The van der Waals surface area contributed by atoms with E-state index < -0.39 is 47.7 Å². The quantitative estimate of drug-likeness (QED) is 0.555. The molecular formula is C26H29F5N2O2. The van der Waals surface area contributed by atoms with Gasteiger partial charge in [0, 0.05) is 25.7 Å². The third-order valence-electron chi connectivity index (χ3n) is 7.62. The van der Waals surface area contributed by atoms with Crippen LogP contribution in [0.15, 0.2) is 48.5 Å². The van der Waals surface area contributed by atoms with Crippen LogP contribution in [0.3, 0.4) is 0 Å². The van der Waals surface area contributed by atoms with Gasteiger partial charge in [-0.25, -0.2) is 8.78 Å². The van der Waals surface area contributed by atoms with E-state index in [0.717, 1.165) is 12.0 Å². The van der Waals surface area contributed by atoms with Crippen LogP contribution >= 0.6 is 0 Å². The van der Waals surface area contributed by atoms with Crippen LogP contribution in [0.1, 0.15) is 43.2 Å². The van der Waals surface area contributed by atoms with Gasteiger partial charge in [-0.1, -0.05) is 36.8 Å². The lowest BCUT2D eigenvalue weighted by Gasteiger charge is -2.44. The van der Waals surface area contributed by atoms with Crippen molar-refractivity contribution in [2.75, 3.05) is 19.6 Å². The lowest BCUT2D eigenvalue weighted by atomic mass is 9.64. The summed E-state index contributed by atoms with van der Waals surface area (Å²) in [7, 11) is 0. The second-order valence-electron chi connectivity index (χ2n) is 9.67. The van der Waals surface area contributed by atoms with Gasteiger partial charge in [0.1, 0.15) is 11.6 Å². The molecule has 1 saturated carbocycles. The van der Waals surface area contributed by atoms with Gasteiger partial charge in [0.25, 0.3) is 0 Å². The number of benzene rings is 2. The van der Waals surface area contributed by atoms with Crippen molar-refractivity contribution in [1.82, 2.24) is 10.2 Å². The molecule has 9 heteroatoms. The fourth-order valence-electron chi connectivity index (χ4n) is 5.12. The zero-order chi connectivity index (χ0) is 25.3. The van der Waals surface area contributed by atoms with E-state index in [1.54, 1.807) is 35.2 Å². The zero-order valence-corrected chi connectivity index (χ0v) is 19.3. The number of piperidine rings is 1. The SMILES string of the molecule is O=C(NC[C@@H](Cc1ccccc1F)N1CCC(O)(C(F)(F)F)CC1)C1(c2ccc(F)cc2)CCC1. The average molecular weight is 497 g/mol. The Kier molecular flexibility index (Phi) is 7.20. The summed E-state index contributed by atoms with van der Waals surface area (Å²) in [5.41, 5.74) is -2.38. The van der Waals surface area contributed by atoms with Crippen molar-refractivity contribution in [3.63, 3.8) is 0 Å². The highest BCUT2D eigenvalue weighted by molar-refractivity contribution is 5.89. The van der Waals surface area contributed by atoms with Gasteiger partial charge in [0.05, 0.1) is 5.41 Å². The second-order valence-corrected chi connectivity index (χ2v) is 9.67. The van der Waals surface area contributed by atoms with Crippen LogP contribution in [0.25, 0.3) is 0 Å². The number of alkyl halides is 3. The number of rotatable bonds is 7. The summed E-state index contributed by atoms with van der Waals surface area (Å²) in [5, 5.41) is 13.0. The number of likely N-dealkylation sites (tertiary alicyclic amines) is 1. The normalized spacial score (nSPS) is 20.6. The average Bonchev–Trinajstić information content (AvgIpc) is 2.78. The van der Waals surface area contributed by atoms with Crippen molar-refractivity contribution >= 4 is 5.91 Å². The maximum Gasteiger partial charge on any atom is 0.417 e. The number of carbonyl (C=O) groups excluding carboxylic acids is 1. The second kappa shape index (κ2) is 9.85. The molecule has 35 heavy (non-hydrogen) atoms. The Balaban J connectivity index is 1.49. The van der Waals surface area contributed by atoms with Crippen LogP contribution in [0.5, 0.6) is 0 Å². The molecule has 0 spiro atoms. The molecule has 0 aromatic heterocycles. The predicted octanol–water partition coefficient (Wildman–Crippen LogP) is 4.50. The number of nitrogens with one attached hydrogen (secondary N) is 1. The molecule has 0 unspecified atom stereocenters. The number of hydrogen-bond donors (Lipinski definition) is 2. The molecule has 2 aliphatic rings. The molecule has 2 aromatic rings. The van der Waals surface area contributed by atoms with Gasteiger partial charge in [0.2, 0.25) is 5.91 Å². The summed E-state index contributed by atoms with van der Waals surface area (Å²) < 4.78 is 67.6. The topological polar surface area (TPSA) is 52.6 Å². The van der Waals surface area contributed by atoms with Crippen molar-refractivity contribution in [2.24, 2.45) is 0 Å². The Morgan fingerprint density at radius 2 is 1.63 bits per heavy atom. The molecule has 0 radical (unpaired) electrons. The minimum atomic E-state index is -4.72. The van der Waals surface area contributed by atoms with Crippen LogP contribution in [0, 0.1) is 11.6 Å². The number of carbonyl (C=O) groups is 1. The zero-order valence-electron chi connectivity index (χ0n) is 19.3. The molecule has 0 bridgehead atoms. The molecule has 1 heterocycles. The minimum absolute atomic E-state index is 0.0336. The smallest absolute Gasteiger partial charge is 0.380 e. The first kappa shape index (κ1) is 25.6. The molecule has 1 atom stereocenters. The molecule has 4 rings (SSSR count). The monoisotopic (exact) mass is 496 g/mol. The van der Waals surface area contributed by atoms with Crippen molar-refractivity contribution < 1.29 is 31.9 Å². The molecule has 4 nitrogen and oxygen atoms in total. The van der Waals surface area contributed by atoms with Gasteiger partial charge in [-0.3, -0.25) is 9.69 Å². The number of halogens is 5. The van der Waals surface area contributed by atoms with Crippen LogP contribution in [0.4, 0.5) is 22.0 Å². The molecule has 1 saturated heterocycles. The highest BCUT2D eigenvalue weighted by Crippen LogP contribution is 2.44. The van der Waals surface area contributed by atoms with Gasteiger partial charge >= 0.3 is 6.18 Å². The molecule has 2 aromatic carbocycles. The molecular weight excluding hydrogens is 467 g/mol. The van der Waals surface area contributed by atoms with Gasteiger partial charge in [-0.05, 0) is 61.4 Å². The molecule has 2 fully saturated rings. The highest BCUT2D eigenvalue weighted by atomic mass is 19.4. The van der Waals surface area contributed by atoms with Gasteiger partial charge < -0.3 is 10.4 Å². The summed E-state index contributed by atoms with van der Waals surface area (Å²) >= 11 is 0. The number of aliphatic hydroxyl groups is 1. The van der Waals surface area contributed by atoms with Crippen LogP contribution in [-0.4, -0.2) is 53.4 Å². The summed E-state index contributed by atoms with van der Waals surface area (Å²) in [6.45, 7) is 0.0444. The van der Waals surface area contributed by atoms with E-state index in [4.69, 9.17) is 0 Å². The lowest BCUT2D eigenvalue weighted by Crippen LogP contribution is -2.58. The molecule has 2 N–H and O–H groups in total. The van der Waals surface area contributed by atoms with E-state index in [9.17, 15) is 31.9 Å². The summed E-state index contributed by atoms with van der Waals surface area (Å²) in [6.07, 6.45) is -3.42. The Labute approximate surface area is 201 Å². The van der Waals surface area contributed by atoms with Crippen molar-refractivity contribution in [3.8, 4) is 0 Å². The predicted molar refractivity (Wildman–Crippen MR) is 121 cm³/mol. The van der Waals surface area contributed by atoms with E-state index in [2.05, 4.69) is 5.32 Å². The Morgan fingerprint density at radius 1 is 1.00 bits per heavy atom. The first-order valence-electron chi connectivity index (χ1n) is 11.8. The van der Waals surface area contributed by atoms with E-state index in [-0.39, 0.29) is 32.0 Å². The van der Waals surface area contributed by atoms with E-state index >= 15 is 0 Å². The number of amides is 1. The Bertz CT molecular complexity index is 1030. The van der Waals surface area contributed by atoms with Crippen molar-refractivity contribution in [3.05, 3.63) is 71.3 Å². The fourth-order valence-corrected chi connectivity index (χ4v) is 5.12. The van der Waals surface area contributed by atoms with Gasteiger partial charge in [-0.2, -0.15) is 13.2 Å². The summed E-state index contributed by atoms with van der Waals surface area (Å²) in [5.74, 6) is -1.04. The van der Waals surface area contributed by atoms with E-state index in [0.29, 0.717) is 18.4 Å². The largest absolute Gasteiger partial charge is 0.417 e. The standard InChI is InChI=1S/C26H29F5N2O2/c27-20-8-6-19(7-9-20)24(10-3-11-24)23(34)32-17-21(16-18-4-1-2-5-22(18)28)33-14-12-25(35,13-15-33)26(29,30)31/h1-2,4-9,21,35H,3,10-17H2,(H,32,34)/t21-/m1/s1. The van der Waals surface area contributed by atoms with E-state index in [1.807, 2.05) is 0 Å². The van der Waals surface area contributed by atoms with Crippen molar-refractivity contribution in [2.45, 2.75) is 61.8 Å². The van der Waals surface area contributed by atoms with Crippen molar-refractivity contribution in [1.29, 1.82) is 0 Å². The molecule has 190 valence electrons. The maximum atomic E-state index is 14.4. The summed E-state index contributed by atoms with van der Waals surface area (Å²) in [6, 6.07) is 11.6. The first-order chi connectivity index (χ1) is 16.5. The lowest BCUT2D eigenvalue weighted by molar-refractivity contribution is -0.273. The number of nitrogens with zero attached hydrogens (tertiary/aromatic N) is 1.